The highest BCUT2D eigenvalue weighted by Gasteiger charge is 2.27. The number of allylic oxidation sites excluding steroid dienone is 4. The number of carbonyl (C=O) groups excluding carboxylic acids is 1. The summed E-state index contributed by atoms with van der Waals surface area (Å²) in [6.07, 6.45) is 47.9. The van der Waals surface area contributed by atoms with E-state index in [1.165, 1.54) is 148 Å². The van der Waals surface area contributed by atoms with Gasteiger partial charge in [0, 0.05) is 13.0 Å². The number of ether oxygens (including phenoxy) is 2. The maximum absolute atomic E-state index is 12.7. The third-order valence-electron chi connectivity index (χ3n) is 10.5. The normalized spacial score (nSPS) is 14.0. The fourth-order valence-corrected chi connectivity index (χ4v) is 7.53. The van der Waals surface area contributed by atoms with Crippen LogP contribution in [0.1, 0.15) is 226 Å². The van der Waals surface area contributed by atoms with Crippen molar-refractivity contribution in [1.29, 1.82) is 0 Å². The third-order valence-corrected chi connectivity index (χ3v) is 11.4. The van der Waals surface area contributed by atoms with Gasteiger partial charge in [-0.15, -0.1) is 0 Å². The zero-order chi connectivity index (χ0) is 42.6. The van der Waals surface area contributed by atoms with E-state index in [2.05, 4.69) is 38.2 Å². The summed E-state index contributed by atoms with van der Waals surface area (Å²) in [7, 11) is -4.62. The van der Waals surface area contributed by atoms with Crippen molar-refractivity contribution >= 4 is 19.8 Å². The smallest absolute Gasteiger partial charge is 0.472 e. The predicted molar refractivity (Wildman–Crippen MR) is 240 cm³/mol. The van der Waals surface area contributed by atoms with Crippen LogP contribution in [0.25, 0.3) is 0 Å². The second-order valence-corrected chi connectivity index (χ2v) is 17.7. The van der Waals surface area contributed by atoms with Gasteiger partial charge in [0.05, 0.1) is 19.8 Å². The summed E-state index contributed by atoms with van der Waals surface area (Å²) in [6, 6.07) is -1.47. The second kappa shape index (κ2) is 43.5. The Labute approximate surface area is 355 Å². The van der Waals surface area contributed by atoms with Gasteiger partial charge < -0.3 is 25.2 Å². The SMILES string of the molecule is CCCCC/C=C\C/C=C\CCCCCCCCCCCC(=O)OC(COCCCCCCCCCCCCCCCCCCC)COP(=O)(O)OCC(N)C(=O)O. The average molecular weight is 844 g/mol. The van der Waals surface area contributed by atoms with Crippen LogP contribution in [-0.4, -0.2) is 60.5 Å². The first-order valence-corrected chi connectivity index (χ1v) is 25.4. The topological polar surface area (TPSA) is 155 Å². The van der Waals surface area contributed by atoms with Crippen molar-refractivity contribution < 1.29 is 42.7 Å². The van der Waals surface area contributed by atoms with Crippen LogP contribution in [0.4, 0.5) is 0 Å². The van der Waals surface area contributed by atoms with Gasteiger partial charge in [0.2, 0.25) is 0 Å². The van der Waals surface area contributed by atoms with Gasteiger partial charge in [0.15, 0.2) is 0 Å². The summed E-state index contributed by atoms with van der Waals surface area (Å²) in [6.45, 7) is 3.89. The van der Waals surface area contributed by atoms with Crippen LogP contribution in [-0.2, 0) is 32.7 Å². The van der Waals surface area contributed by atoms with Gasteiger partial charge in [-0.05, 0) is 44.9 Å². The summed E-state index contributed by atoms with van der Waals surface area (Å²) >= 11 is 0. The van der Waals surface area contributed by atoms with Crippen LogP contribution >= 0.6 is 7.82 Å². The first-order valence-electron chi connectivity index (χ1n) is 23.9. The van der Waals surface area contributed by atoms with E-state index in [0.717, 1.165) is 51.4 Å². The second-order valence-electron chi connectivity index (χ2n) is 16.2. The number of esters is 1. The molecule has 0 spiro atoms. The molecule has 4 N–H and O–H groups in total. The van der Waals surface area contributed by atoms with Crippen molar-refractivity contribution in [3.63, 3.8) is 0 Å². The molecule has 0 bridgehead atoms. The van der Waals surface area contributed by atoms with Gasteiger partial charge in [-0.25, -0.2) is 4.57 Å². The molecular formula is C47H90NO9P. The minimum absolute atomic E-state index is 0.0199. The number of rotatable bonds is 46. The van der Waals surface area contributed by atoms with E-state index in [1.54, 1.807) is 0 Å². The first kappa shape index (κ1) is 56.5. The van der Waals surface area contributed by atoms with Gasteiger partial charge in [-0.1, -0.05) is 199 Å². The average Bonchev–Trinajstić information content (AvgIpc) is 3.20. The molecule has 3 atom stereocenters. The van der Waals surface area contributed by atoms with Gasteiger partial charge in [-0.2, -0.15) is 0 Å². The predicted octanol–water partition coefficient (Wildman–Crippen LogP) is 13.5. The van der Waals surface area contributed by atoms with E-state index in [4.69, 9.17) is 29.4 Å². The first-order chi connectivity index (χ1) is 28.2. The molecule has 0 aliphatic heterocycles. The Morgan fingerprint density at radius 1 is 0.552 bits per heavy atom. The number of phosphoric acid groups is 1. The molecule has 10 nitrogen and oxygen atoms in total. The Balaban J connectivity index is 4.16. The lowest BCUT2D eigenvalue weighted by Gasteiger charge is -2.20. The number of hydrogen-bond donors (Lipinski definition) is 3. The van der Waals surface area contributed by atoms with Gasteiger partial charge in [0.1, 0.15) is 12.1 Å². The highest BCUT2D eigenvalue weighted by Crippen LogP contribution is 2.43. The molecule has 0 heterocycles. The van der Waals surface area contributed by atoms with E-state index >= 15 is 0 Å². The quantitative estimate of drug-likeness (QED) is 0.0233. The molecule has 58 heavy (non-hydrogen) atoms. The Bertz CT molecular complexity index is 1020. The Morgan fingerprint density at radius 3 is 1.43 bits per heavy atom. The number of phosphoric ester groups is 1. The maximum atomic E-state index is 12.7. The third kappa shape index (κ3) is 42.6. The monoisotopic (exact) mass is 844 g/mol. The van der Waals surface area contributed by atoms with Crippen LogP contribution < -0.4 is 5.73 Å². The number of aliphatic carboxylic acids is 1. The highest BCUT2D eigenvalue weighted by molar-refractivity contribution is 7.47. The van der Waals surface area contributed by atoms with Crippen LogP contribution in [0.3, 0.4) is 0 Å². The van der Waals surface area contributed by atoms with Crippen molar-refractivity contribution in [3.8, 4) is 0 Å². The van der Waals surface area contributed by atoms with E-state index in [9.17, 15) is 19.0 Å². The molecule has 0 fully saturated rings. The van der Waals surface area contributed by atoms with Gasteiger partial charge in [0.25, 0.3) is 0 Å². The van der Waals surface area contributed by atoms with Crippen LogP contribution in [0.5, 0.6) is 0 Å². The summed E-state index contributed by atoms with van der Waals surface area (Å²) in [5.41, 5.74) is 5.37. The lowest BCUT2D eigenvalue weighted by atomic mass is 10.0. The van der Waals surface area contributed by atoms with Crippen molar-refractivity contribution in [2.24, 2.45) is 5.73 Å². The number of hydrogen-bond acceptors (Lipinski definition) is 8. The number of carboxylic acid groups (broad SMARTS) is 1. The van der Waals surface area contributed by atoms with Crippen molar-refractivity contribution in [3.05, 3.63) is 24.3 Å². The molecule has 0 rings (SSSR count). The standard InChI is InChI=1S/C47H90NO9P/c1-3-5-7-9-11-13-15-17-19-21-22-23-25-27-29-31-33-35-37-39-46(49)57-44(42-55-58(52,53)56-43-45(48)47(50)51)41-54-40-38-36-34-32-30-28-26-24-20-18-16-14-12-10-8-6-4-2/h11,13,17,19,44-45H,3-10,12,14-16,18,20-43,48H2,1-2H3,(H,50,51)(H,52,53)/b13-11-,19-17-. The molecule has 0 saturated carbocycles. The Hall–Kier alpha value is -1.55. The van der Waals surface area contributed by atoms with Crippen molar-refractivity contribution in [2.45, 2.75) is 238 Å². The van der Waals surface area contributed by atoms with Crippen molar-refractivity contribution in [2.75, 3.05) is 26.4 Å². The highest BCUT2D eigenvalue weighted by atomic mass is 31.2. The van der Waals surface area contributed by atoms with E-state index in [-0.39, 0.29) is 13.0 Å². The molecule has 3 unspecified atom stereocenters. The zero-order valence-electron chi connectivity index (χ0n) is 37.4. The fraction of sp³-hybridized carbons (Fsp3) is 0.872. The molecule has 0 aliphatic rings. The molecule has 11 heteroatoms. The van der Waals surface area contributed by atoms with Crippen LogP contribution in [0.2, 0.25) is 0 Å². The summed E-state index contributed by atoms with van der Waals surface area (Å²) in [5.74, 6) is -1.77. The minimum Gasteiger partial charge on any atom is -0.480 e. The minimum atomic E-state index is -4.62. The van der Waals surface area contributed by atoms with Gasteiger partial charge in [-0.3, -0.25) is 18.6 Å². The van der Waals surface area contributed by atoms with E-state index in [1.807, 2.05) is 0 Å². The molecular weight excluding hydrogens is 753 g/mol. The Kier molecular flexibility index (Phi) is 42.4. The fourth-order valence-electron chi connectivity index (χ4n) is 6.75. The number of nitrogens with two attached hydrogens (primary N) is 1. The lowest BCUT2D eigenvalue weighted by Crippen LogP contribution is -2.34. The number of carbonyl (C=O) groups is 2. The Morgan fingerprint density at radius 2 is 0.948 bits per heavy atom. The summed E-state index contributed by atoms with van der Waals surface area (Å²) in [4.78, 5) is 33.6. The van der Waals surface area contributed by atoms with E-state index in [0.29, 0.717) is 13.0 Å². The maximum Gasteiger partial charge on any atom is 0.472 e. The zero-order valence-corrected chi connectivity index (χ0v) is 38.3. The number of carboxylic acids is 1. The molecule has 0 radical (unpaired) electrons. The molecule has 0 aromatic carbocycles. The molecule has 0 amide bonds. The molecule has 342 valence electrons. The molecule has 0 saturated heterocycles. The largest absolute Gasteiger partial charge is 0.480 e. The molecule has 0 aromatic rings. The van der Waals surface area contributed by atoms with Crippen LogP contribution in [0.15, 0.2) is 24.3 Å². The van der Waals surface area contributed by atoms with Crippen molar-refractivity contribution in [1.82, 2.24) is 0 Å². The molecule has 0 aromatic heterocycles. The lowest BCUT2D eigenvalue weighted by molar-refractivity contribution is -0.154. The van der Waals surface area contributed by atoms with E-state index < -0.39 is 45.1 Å². The summed E-state index contributed by atoms with van der Waals surface area (Å²) < 4.78 is 33.4. The van der Waals surface area contributed by atoms with Gasteiger partial charge >= 0.3 is 19.8 Å². The summed E-state index contributed by atoms with van der Waals surface area (Å²) in [5, 5.41) is 8.91. The number of unbranched alkanes of at least 4 members (excludes halogenated alkanes) is 28. The molecule has 0 aliphatic carbocycles. The van der Waals surface area contributed by atoms with Crippen LogP contribution in [0, 0.1) is 0 Å².